The van der Waals surface area contributed by atoms with Crippen LogP contribution in [0.3, 0.4) is 0 Å². The zero-order chi connectivity index (χ0) is 29.0. The molecule has 0 N–H and O–H groups in total. The van der Waals surface area contributed by atoms with Gasteiger partial charge in [-0.2, -0.15) is 5.26 Å². The number of hydrogen-bond donors (Lipinski definition) is 0. The molecule has 39 heavy (non-hydrogen) atoms. The molecule has 8 heteroatoms. The summed E-state index contributed by atoms with van der Waals surface area (Å²) in [6, 6.07) is 27.9. The fraction of sp³-hybridized carbons (Fsp3) is 0.387. The van der Waals surface area contributed by atoms with Crippen LogP contribution < -0.4 is 14.4 Å². The minimum Gasteiger partial charge on any atom is -0.497 e. The molecule has 3 aromatic rings. The van der Waals surface area contributed by atoms with Crippen LogP contribution in [0.4, 0.5) is 0 Å². The third kappa shape index (κ3) is 12.5. The van der Waals surface area contributed by atoms with E-state index in [9.17, 15) is 0 Å². The average Bonchev–Trinajstić information content (AvgIpc) is 2.97. The van der Waals surface area contributed by atoms with Crippen LogP contribution in [-0.2, 0) is 9.20 Å². The van der Waals surface area contributed by atoms with E-state index in [1.54, 1.807) is 14.2 Å². The van der Waals surface area contributed by atoms with E-state index in [1.807, 2.05) is 92.7 Å². The first-order valence-electron chi connectivity index (χ1n) is 13.2. The summed E-state index contributed by atoms with van der Waals surface area (Å²) in [5.74, 6) is 2.37. The number of rotatable bonds is 12. The number of nitrogens with zero attached hydrogens (tertiary/aromatic N) is 2. The highest BCUT2D eigenvalue weighted by Crippen LogP contribution is 2.46. The minimum absolute atomic E-state index is 0.248. The largest absolute Gasteiger partial charge is 0.497 e. The van der Waals surface area contributed by atoms with Crippen LogP contribution in [0.25, 0.3) is 11.1 Å². The van der Waals surface area contributed by atoms with Gasteiger partial charge in [-0.25, -0.2) is 4.67 Å². The lowest BCUT2D eigenvalue weighted by molar-refractivity contribution is -0.112. The van der Waals surface area contributed by atoms with Crippen molar-refractivity contribution in [3.63, 3.8) is 0 Å². The van der Waals surface area contributed by atoms with Crippen LogP contribution >= 0.6 is 8.53 Å². The highest BCUT2D eigenvalue weighted by atomic mass is 31.2. The third-order valence-corrected chi connectivity index (χ3v) is 7.02. The first-order chi connectivity index (χ1) is 18.9. The van der Waals surface area contributed by atoms with E-state index in [2.05, 4.69) is 38.4 Å². The predicted octanol–water partition coefficient (Wildman–Crippen LogP) is 8.67. The van der Waals surface area contributed by atoms with E-state index in [1.165, 1.54) is 11.1 Å². The maximum atomic E-state index is 8.64. The number of ether oxygens (including phenoxy) is 2. The van der Waals surface area contributed by atoms with E-state index in [0.29, 0.717) is 18.8 Å². The molecule has 0 spiro atoms. The molecule has 0 saturated heterocycles. The highest BCUT2D eigenvalue weighted by Gasteiger charge is 2.28. The van der Waals surface area contributed by atoms with Gasteiger partial charge in [-0.1, -0.05) is 56.3 Å². The van der Waals surface area contributed by atoms with Crippen molar-refractivity contribution in [3.8, 4) is 34.4 Å². The van der Waals surface area contributed by atoms with Crippen molar-refractivity contribution in [3.05, 3.63) is 78.9 Å². The number of nitriles is 1. The van der Waals surface area contributed by atoms with Crippen LogP contribution in [0.15, 0.2) is 78.9 Å². The summed E-state index contributed by atoms with van der Waals surface area (Å²) in [7, 11) is 1.96. The molecular weight excluding hydrogens is 511 g/mol. The van der Waals surface area contributed by atoms with E-state index < -0.39 is 8.53 Å². The zero-order valence-electron chi connectivity index (χ0n) is 24.5. The SMILES string of the molecule is CC.CC(C)N(C(C)C)P(OCCC#N)OOc1ccccc1.COc1ccc(-c2ccc(OC)cc2)cc1. The van der Waals surface area contributed by atoms with Crippen LogP contribution in [0, 0.1) is 11.3 Å². The minimum atomic E-state index is -1.38. The Balaban J connectivity index is 0.000000377. The number of benzene rings is 3. The second-order valence-electron chi connectivity index (χ2n) is 8.47. The summed E-state index contributed by atoms with van der Waals surface area (Å²) in [4.78, 5) is 5.36. The summed E-state index contributed by atoms with van der Waals surface area (Å²) in [5.41, 5.74) is 2.34. The summed E-state index contributed by atoms with van der Waals surface area (Å²) in [6.45, 7) is 12.6. The quantitative estimate of drug-likeness (QED) is 0.0960. The van der Waals surface area contributed by atoms with E-state index in [0.717, 1.165) is 11.5 Å². The van der Waals surface area contributed by atoms with Crippen LogP contribution in [0.5, 0.6) is 17.2 Å². The van der Waals surface area contributed by atoms with Gasteiger partial charge in [0.1, 0.15) is 11.5 Å². The molecule has 0 fully saturated rings. The lowest BCUT2D eigenvalue weighted by Gasteiger charge is -2.34. The molecule has 0 radical (unpaired) electrons. The Morgan fingerprint density at radius 1 is 0.718 bits per heavy atom. The lowest BCUT2D eigenvalue weighted by atomic mass is 10.1. The Morgan fingerprint density at radius 2 is 1.18 bits per heavy atom. The summed E-state index contributed by atoms with van der Waals surface area (Å²) in [5, 5.41) is 8.64. The molecule has 0 aliphatic rings. The molecular formula is C31H43N2O5P. The number of hydrogen-bond acceptors (Lipinski definition) is 7. The van der Waals surface area contributed by atoms with Crippen LogP contribution in [-0.4, -0.2) is 37.6 Å². The van der Waals surface area contributed by atoms with E-state index in [-0.39, 0.29) is 12.1 Å². The molecule has 0 aliphatic carbocycles. The van der Waals surface area contributed by atoms with Crippen molar-refractivity contribution in [1.82, 2.24) is 4.67 Å². The van der Waals surface area contributed by atoms with Crippen molar-refractivity contribution in [1.29, 1.82) is 5.26 Å². The fourth-order valence-electron chi connectivity index (χ4n) is 3.39. The molecule has 3 rings (SSSR count). The Hall–Kier alpha value is -3.14. The van der Waals surface area contributed by atoms with Gasteiger partial charge >= 0.3 is 8.53 Å². The predicted molar refractivity (Wildman–Crippen MR) is 160 cm³/mol. The summed E-state index contributed by atoms with van der Waals surface area (Å²) < 4.78 is 23.6. The van der Waals surface area contributed by atoms with Crippen LogP contribution in [0.2, 0.25) is 0 Å². The van der Waals surface area contributed by atoms with Gasteiger partial charge in [-0.15, -0.1) is 4.67 Å². The van der Waals surface area contributed by atoms with Gasteiger partial charge < -0.3 is 18.9 Å². The monoisotopic (exact) mass is 554 g/mol. The molecule has 0 amide bonds. The molecule has 7 nitrogen and oxygen atoms in total. The van der Waals surface area contributed by atoms with Crippen molar-refractivity contribution < 1.29 is 23.6 Å². The Bertz CT molecular complexity index is 1000. The standard InChI is InChI=1S/C15H23N2O3P.C14H14O2.C2H6/c1-13(2)17(14(3)4)21(18-12-8-11-16)20-19-15-9-6-5-7-10-15;1-15-13-7-3-11(4-8-13)12-5-9-14(16-2)10-6-12;1-2/h5-7,9-10,13-14H,8,12H2,1-4H3;3-10H,1-2H3;1-2H3. The van der Waals surface area contributed by atoms with E-state index >= 15 is 0 Å². The second-order valence-corrected chi connectivity index (χ2v) is 9.82. The molecule has 1 atom stereocenters. The van der Waals surface area contributed by atoms with Crippen molar-refractivity contribution in [2.45, 2.75) is 60.0 Å². The molecule has 0 aromatic heterocycles. The maximum absolute atomic E-state index is 8.64. The van der Waals surface area contributed by atoms with Crippen molar-refractivity contribution >= 4 is 8.53 Å². The lowest BCUT2D eigenvalue weighted by Crippen LogP contribution is -2.34. The van der Waals surface area contributed by atoms with E-state index in [4.69, 9.17) is 28.8 Å². The molecule has 0 saturated carbocycles. The van der Waals surface area contributed by atoms with Crippen molar-refractivity contribution in [2.24, 2.45) is 0 Å². The maximum Gasteiger partial charge on any atom is 0.306 e. The number of para-hydroxylation sites is 1. The van der Waals surface area contributed by atoms with Gasteiger partial charge in [0.15, 0.2) is 5.75 Å². The molecule has 0 heterocycles. The molecule has 0 aliphatic heterocycles. The molecule has 1 unspecified atom stereocenters. The highest BCUT2D eigenvalue weighted by molar-refractivity contribution is 7.44. The van der Waals surface area contributed by atoms with Gasteiger partial charge in [-0.05, 0) is 75.2 Å². The normalized spacial score (nSPS) is 11.0. The van der Waals surface area contributed by atoms with Gasteiger partial charge in [-0.3, -0.25) is 0 Å². The molecule has 0 bridgehead atoms. The number of methoxy groups -OCH3 is 2. The first kappa shape index (κ1) is 33.9. The Kier molecular flexibility index (Phi) is 17.3. The smallest absolute Gasteiger partial charge is 0.306 e. The fourth-order valence-corrected chi connectivity index (χ4v) is 4.79. The zero-order valence-corrected chi connectivity index (χ0v) is 25.4. The first-order valence-corrected chi connectivity index (χ1v) is 14.3. The topological polar surface area (TPSA) is 73.2 Å². The van der Waals surface area contributed by atoms with Gasteiger partial charge in [0, 0.05) is 12.1 Å². The molecule has 3 aromatic carbocycles. The Labute approximate surface area is 236 Å². The second kappa shape index (κ2) is 19.9. The van der Waals surface area contributed by atoms with Gasteiger partial charge in [0.25, 0.3) is 0 Å². The van der Waals surface area contributed by atoms with Gasteiger partial charge in [0.05, 0.1) is 33.3 Å². The summed E-state index contributed by atoms with van der Waals surface area (Å²) >= 11 is 0. The van der Waals surface area contributed by atoms with Crippen molar-refractivity contribution in [2.75, 3.05) is 20.8 Å². The Morgan fingerprint density at radius 3 is 1.56 bits per heavy atom. The van der Waals surface area contributed by atoms with Gasteiger partial charge in [0.2, 0.25) is 0 Å². The van der Waals surface area contributed by atoms with Crippen LogP contribution in [0.1, 0.15) is 48.0 Å². The third-order valence-electron chi connectivity index (χ3n) is 5.12. The molecule has 212 valence electrons. The average molecular weight is 555 g/mol. The summed E-state index contributed by atoms with van der Waals surface area (Å²) in [6.07, 6.45) is 0.331.